The zero-order chi connectivity index (χ0) is 12.9. The minimum Gasteiger partial charge on any atom is -0.324 e. The van der Waals surface area contributed by atoms with Crippen LogP contribution in [0.1, 0.15) is 38.5 Å². The molecule has 1 rings (SSSR count). The fraction of sp³-hybridized carbons (Fsp3) is 0.778. The van der Waals surface area contributed by atoms with Crippen molar-refractivity contribution in [3.63, 3.8) is 0 Å². The minimum atomic E-state index is -4.92. The van der Waals surface area contributed by atoms with Gasteiger partial charge in [0.15, 0.2) is 0 Å². The molecule has 17 heavy (non-hydrogen) atoms. The molecule has 100 valence electrons. The minimum absolute atomic E-state index is 0.407. The lowest BCUT2D eigenvalue weighted by Gasteiger charge is -2.21. The SMILES string of the molecule is O=P(O)(O)OP(=O)(O)C1CCC=CCCCC1. The van der Waals surface area contributed by atoms with Gasteiger partial charge in [0.05, 0.1) is 5.66 Å². The van der Waals surface area contributed by atoms with Crippen LogP contribution in [-0.2, 0) is 13.4 Å². The topological polar surface area (TPSA) is 104 Å². The maximum Gasteiger partial charge on any atom is 0.476 e. The van der Waals surface area contributed by atoms with Crippen LogP contribution in [0.15, 0.2) is 12.2 Å². The Bertz CT molecular complexity index is 360. The summed E-state index contributed by atoms with van der Waals surface area (Å²) in [6.07, 6.45) is 8.03. The van der Waals surface area contributed by atoms with Crippen LogP contribution in [0.5, 0.6) is 0 Å². The standard InChI is InChI=1S/C9H18O6P2/c10-16(11,15-17(12,13)14)9-7-5-3-1-2-4-6-8-9/h1,3,9H,2,4-8H2,(H,10,11)(H2,12,13,14). The van der Waals surface area contributed by atoms with E-state index in [1.54, 1.807) is 0 Å². The first-order valence-corrected chi connectivity index (χ1v) is 8.73. The molecular weight excluding hydrogens is 266 g/mol. The summed E-state index contributed by atoms with van der Waals surface area (Å²) in [6.45, 7) is 0. The van der Waals surface area contributed by atoms with E-state index < -0.39 is 21.1 Å². The monoisotopic (exact) mass is 284 g/mol. The fourth-order valence-electron chi connectivity index (χ4n) is 1.86. The van der Waals surface area contributed by atoms with Gasteiger partial charge in [0.25, 0.3) is 0 Å². The average Bonchev–Trinajstić information content (AvgIpc) is 2.26. The summed E-state index contributed by atoms with van der Waals surface area (Å²) in [5, 5.41) is 0. The van der Waals surface area contributed by atoms with Gasteiger partial charge in [0, 0.05) is 0 Å². The highest BCUT2D eigenvalue weighted by molar-refractivity contribution is 7.64. The Kier molecular flexibility index (Phi) is 5.58. The van der Waals surface area contributed by atoms with E-state index in [1.165, 1.54) is 0 Å². The Morgan fingerprint density at radius 1 is 1.00 bits per heavy atom. The zero-order valence-corrected chi connectivity index (χ0v) is 11.2. The predicted molar refractivity (Wildman–Crippen MR) is 63.6 cm³/mol. The van der Waals surface area contributed by atoms with Crippen molar-refractivity contribution in [3.8, 4) is 0 Å². The van der Waals surface area contributed by atoms with E-state index in [2.05, 4.69) is 4.31 Å². The van der Waals surface area contributed by atoms with Crippen LogP contribution >= 0.6 is 15.4 Å². The van der Waals surface area contributed by atoms with Gasteiger partial charge in [-0.15, -0.1) is 0 Å². The third-order valence-corrected chi connectivity index (χ3v) is 5.90. The Morgan fingerprint density at radius 3 is 2.29 bits per heavy atom. The first-order chi connectivity index (χ1) is 7.81. The van der Waals surface area contributed by atoms with E-state index in [0.29, 0.717) is 19.3 Å². The molecular formula is C9H18O6P2. The van der Waals surface area contributed by atoms with E-state index in [9.17, 15) is 14.0 Å². The summed E-state index contributed by atoms with van der Waals surface area (Å²) in [5.41, 5.74) is -0.696. The van der Waals surface area contributed by atoms with Crippen molar-refractivity contribution in [2.75, 3.05) is 0 Å². The lowest BCUT2D eigenvalue weighted by Crippen LogP contribution is -2.10. The van der Waals surface area contributed by atoms with Gasteiger partial charge in [0.2, 0.25) is 0 Å². The van der Waals surface area contributed by atoms with Crippen LogP contribution in [0, 0.1) is 0 Å². The molecule has 0 aromatic heterocycles. The van der Waals surface area contributed by atoms with Crippen molar-refractivity contribution >= 4 is 15.4 Å². The number of hydrogen-bond donors (Lipinski definition) is 3. The summed E-state index contributed by atoms with van der Waals surface area (Å²) in [7, 11) is -9.17. The number of phosphoric acid groups is 1. The molecule has 0 aromatic rings. The molecule has 0 fully saturated rings. The Morgan fingerprint density at radius 2 is 1.65 bits per heavy atom. The first kappa shape index (κ1) is 15.1. The van der Waals surface area contributed by atoms with E-state index in [-0.39, 0.29) is 0 Å². The first-order valence-electron chi connectivity index (χ1n) is 5.55. The molecule has 0 saturated carbocycles. The van der Waals surface area contributed by atoms with Gasteiger partial charge >= 0.3 is 15.4 Å². The quantitative estimate of drug-likeness (QED) is 0.543. The molecule has 6 nitrogen and oxygen atoms in total. The van der Waals surface area contributed by atoms with Gasteiger partial charge in [0.1, 0.15) is 0 Å². The van der Waals surface area contributed by atoms with Gasteiger partial charge in [-0.2, -0.15) is 0 Å². The van der Waals surface area contributed by atoms with Gasteiger partial charge in [-0.25, -0.2) is 8.88 Å². The van der Waals surface area contributed by atoms with E-state index >= 15 is 0 Å². The van der Waals surface area contributed by atoms with Gasteiger partial charge < -0.3 is 14.7 Å². The number of allylic oxidation sites excluding steroid dienone is 2. The molecule has 1 aliphatic rings. The molecule has 0 aromatic carbocycles. The van der Waals surface area contributed by atoms with Gasteiger partial charge in [-0.1, -0.05) is 18.6 Å². The zero-order valence-electron chi connectivity index (χ0n) is 9.44. The van der Waals surface area contributed by atoms with Crippen LogP contribution in [0.3, 0.4) is 0 Å². The Hall–Kier alpha value is 0.0400. The summed E-state index contributed by atoms with van der Waals surface area (Å²) in [4.78, 5) is 26.8. The Balaban J connectivity index is 2.70. The smallest absolute Gasteiger partial charge is 0.324 e. The van der Waals surface area contributed by atoms with Crippen LogP contribution in [0.25, 0.3) is 0 Å². The van der Waals surface area contributed by atoms with Gasteiger partial charge in [-0.05, 0) is 32.1 Å². The van der Waals surface area contributed by atoms with E-state index in [4.69, 9.17) is 9.79 Å². The van der Waals surface area contributed by atoms with Crippen molar-refractivity contribution in [1.82, 2.24) is 0 Å². The molecule has 0 bridgehead atoms. The molecule has 2 atom stereocenters. The number of hydrogen-bond acceptors (Lipinski definition) is 3. The molecule has 1 aliphatic carbocycles. The van der Waals surface area contributed by atoms with Crippen LogP contribution in [0.4, 0.5) is 0 Å². The second-order valence-electron chi connectivity index (χ2n) is 4.12. The molecule has 0 aliphatic heterocycles. The number of rotatable bonds is 3. The van der Waals surface area contributed by atoms with Gasteiger partial charge in [-0.3, -0.25) is 4.57 Å². The average molecular weight is 284 g/mol. The summed E-state index contributed by atoms with van der Waals surface area (Å²) < 4.78 is 26.5. The lowest BCUT2D eigenvalue weighted by atomic mass is 10.1. The molecule has 0 spiro atoms. The highest BCUT2D eigenvalue weighted by atomic mass is 31.3. The summed E-state index contributed by atoms with van der Waals surface area (Å²) in [5.74, 6) is 0. The van der Waals surface area contributed by atoms with Crippen molar-refractivity contribution in [2.45, 2.75) is 44.2 Å². The van der Waals surface area contributed by atoms with Crippen molar-refractivity contribution in [1.29, 1.82) is 0 Å². The highest BCUT2D eigenvalue weighted by Gasteiger charge is 2.37. The maximum atomic E-state index is 11.8. The van der Waals surface area contributed by atoms with Crippen LogP contribution < -0.4 is 0 Å². The lowest BCUT2D eigenvalue weighted by molar-refractivity contribution is 0.257. The molecule has 0 saturated heterocycles. The summed E-state index contributed by atoms with van der Waals surface area (Å²) >= 11 is 0. The van der Waals surface area contributed by atoms with E-state index in [0.717, 1.165) is 19.3 Å². The largest absolute Gasteiger partial charge is 0.476 e. The second-order valence-corrected chi connectivity index (χ2v) is 7.62. The van der Waals surface area contributed by atoms with Crippen LogP contribution in [-0.4, -0.2) is 20.3 Å². The molecule has 0 amide bonds. The summed E-state index contributed by atoms with van der Waals surface area (Å²) in [6, 6.07) is 0. The molecule has 2 unspecified atom stereocenters. The predicted octanol–water partition coefficient (Wildman–Crippen LogP) is 2.56. The van der Waals surface area contributed by atoms with Crippen molar-refractivity contribution < 1.29 is 28.1 Å². The van der Waals surface area contributed by atoms with E-state index in [1.807, 2.05) is 12.2 Å². The molecule has 0 radical (unpaired) electrons. The highest BCUT2D eigenvalue weighted by Crippen LogP contribution is 2.61. The maximum absolute atomic E-state index is 11.8. The fourth-order valence-corrected chi connectivity index (χ4v) is 4.59. The van der Waals surface area contributed by atoms with Crippen molar-refractivity contribution in [2.24, 2.45) is 0 Å². The normalized spacial score (nSPS) is 26.6. The molecule has 8 heteroatoms. The second kappa shape index (κ2) is 6.28. The Labute approximate surface area is 100 Å². The van der Waals surface area contributed by atoms with Crippen LogP contribution in [0.2, 0.25) is 0 Å². The molecule has 3 N–H and O–H groups in total. The third-order valence-electron chi connectivity index (χ3n) is 2.68. The molecule has 0 heterocycles. The third kappa shape index (κ3) is 5.96. The van der Waals surface area contributed by atoms with Crippen molar-refractivity contribution in [3.05, 3.63) is 12.2 Å².